The molecule has 2 unspecified atom stereocenters. The number of carbonyl (C=O) groups excluding carboxylic acids is 1. The van der Waals surface area contributed by atoms with Crippen LogP contribution in [0, 0.1) is 0 Å². The van der Waals surface area contributed by atoms with Crippen LogP contribution in [0.25, 0.3) is 10.8 Å². The molecule has 0 amide bonds. The summed E-state index contributed by atoms with van der Waals surface area (Å²) in [5.41, 5.74) is 2.03. The number of methoxy groups -OCH3 is 1. The van der Waals surface area contributed by atoms with Gasteiger partial charge in [-0.1, -0.05) is 42.5 Å². The van der Waals surface area contributed by atoms with E-state index in [4.69, 9.17) is 14.2 Å². The molecular weight excluding hydrogens is 328 g/mol. The number of ether oxygens (including phenoxy) is 3. The van der Waals surface area contributed by atoms with Crippen LogP contribution in [0.1, 0.15) is 24.0 Å². The lowest BCUT2D eigenvalue weighted by molar-refractivity contribution is -0.151. The van der Waals surface area contributed by atoms with Crippen LogP contribution in [-0.2, 0) is 9.53 Å². The molecule has 1 aliphatic rings. The zero-order valence-electron chi connectivity index (χ0n) is 14.8. The summed E-state index contributed by atoms with van der Waals surface area (Å²) < 4.78 is 16.6. The number of hydrogen-bond acceptors (Lipinski definition) is 4. The van der Waals surface area contributed by atoms with Crippen molar-refractivity contribution in [2.75, 3.05) is 13.7 Å². The second-order valence-corrected chi connectivity index (χ2v) is 6.24. The molecule has 0 radical (unpaired) electrons. The topological polar surface area (TPSA) is 44.8 Å². The van der Waals surface area contributed by atoms with Crippen LogP contribution < -0.4 is 9.47 Å². The molecule has 0 bridgehead atoms. The molecule has 0 fully saturated rings. The Morgan fingerprint density at radius 2 is 1.81 bits per heavy atom. The van der Waals surface area contributed by atoms with Crippen LogP contribution in [0.3, 0.4) is 0 Å². The predicted octanol–water partition coefficient (Wildman–Crippen LogP) is 4.30. The largest absolute Gasteiger partial charge is 0.497 e. The van der Waals surface area contributed by atoms with E-state index >= 15 is 0 Å². The molecule has 0 aliphatic carbocycles. The fourth-order valence-corrected chi connectivity index (χ4v) is 3.62. The van der Waals surface area contributed by atoms with Crippen LogP contribution in [0.2, 0.25) is 0 Å². The summed E-state index contributed by atoms with van der Waals surface area (Å²) in [4.78, 5) is 12.6. The van der Waals surface area contributed by atoms with Gasteiger partial charge in [-0.05, 0) is 41.5 Å². The summed E-state index contributed by atoms with van der Waals surface area (Å²) in [6.07, 6.45) is -0.691. The van der Waals surface area contributed by atoms with E-state index in [1.54, 1.807) is 14.0 Å². The third kappa shape index (κ3) is 2.68. The molecule has 4 rings (SSSR count). The smallest absolute Gasteiger partial charge is 0.348 e. The molecule has 4 nitrogen and oxygen atoms in total. The van der Waals surface area contributed by atoms with E-state index in [1.807, 2.05) is 48.5 Å². The first-order valence-corrected chi connectivity index (χ1v) is 8.71. The highest BCUT2D eigenvalue weighted by molar-refractivity contribution is 5.92. The van der Waals surface area contributed by atoms with Crippen molar-refractivity contribution in [3.8, 4) is 11.5 Å². The van der Waals surface area contributed by atoms with Gasteiger partial charge in [-0.3, -0.25) is 0 Å². The van der Waals surface area contributed by atoms with Gasteiger partial charge in [0.25, 0.3) is 0 Å². The second-order valence-electron chi connectivity index (χ2n) is 6.24. The minimum atomic E-state index is -0.691. The first-order valence-electron chi connectivity index (χ1n) is 8.71. The predicted molar refractivity (Wildman–Crippen MR) is 99.8 cm³/mol. The molecule has 0 aromatic heterocycles. The van der Waals surface area contributed by atoms with Crippen molar-refractivity contribution in [2.24, 2.45) is 0 Å². The summed E-state index contributed by atoms with van der Waals surface area (Å²) in [5, 5.41) is 2.22. The van der Waals surface area contributed by atoms with Crippen molar-refractivity contribution in [3.05, 3.63) is 71.8 Å². The molecule has 0 saturated heterocycles. The van der Waals surface area contributed by atoms with Crippen molar-refractivity contribution >= 4 is 16.7 Å². The van der Waals surface area contributed by atoms with Crippen molar-refractivity contribution < 1.29 is 19.0 Å². The number of esters is 1. The maximum Gasteiger partial charge on any atom is 0.348 e. The van der Waals surface area contributed by atoms with Gasteiger partial charge >= 0.3 is 5.97 Å². The SMILES string of the molecule is CCOC(=O)C1Oc2ccc3ccccc3c2C1c1ccc(OC)cc1. The fraction of sp³-hybridized carbons (Fsp3) is 0.227. The van der Waals surface area contributed by atoms with Gasteiger partial charge < -0.3 is 14.2 Å². The summed E-state index contributed by atoms with van der Waals surface area (Å²) in [5.74, 6) is 0.954. The highest BCUT2D eigenvalue weighted by Crippen LogP contribution is 2.46. The van der Waals surface area contributed by atoms with Gasteiger partial charge in [0.05, 0.1) is 19.6 Å². The van der Waals surface area contributed by atoms with Crippen molar-refractivity contribution in [2.45, 2.75) is 18.9 Å². The Morgan fingerprint density at radius 3 is 2.54 bits per heavy atom. The Morgan fingerprint density at radius 1 is 1.04 bits per heavy atom. The van der Waals surface area contributed by atoms with Crippen molar-refractivity contribution in [1.82, 2.24) is 0 Å². The summed E-state index contributed by atoms with van der Waals surface area (Å²) in [7, 11) is 1.64. The lowest BCUT2D eigenvalue weighted by Gasteiger charge is -2.19. The minimum absolute atomic E-state index is 0.221. The molecular formula is C22H20O4. The molecule has 132 valence electrons. The Bertz CT molecular complexity index is 946. The van der Waals surface area contributed by atoms with E-state index in [9.17, 15) is 4.79 Å². The first kappa shape index (κ1) is 16.5. The first-order chi connectivity index (χ1) is 12.7. The van der Waals surface area contributed by atoms with Crippen molar-refractivity contribution in [3.63, 3.8) is 0 Å². The Kier molecular flexibility index (Phi) is 4.25. The monoisotopic (exact) mass is 348 g/mol. The van der Waals surface area contributed by atoms with E-state index < -0.39 is 6.10 Å². The molecule has 1 aliphatic heterocycles. The number of hydrogen-bond donors (Lipinski definition) is 0. The van der Waals surface area contributed by atoms with Crippen LogP contribution in [0.15, 0.2) is 60.7 Å². The van der Waals surface area contributed by atoms with E-state index in [1.165, 1.54) is 0 Å². The summed E-state index contributed by atoms with van der Waals surface area (Å²) in [6.45, 7) is 2.13. The molecule has 26 heavy (non-hydrogen) atoms. The highest BCUT2D eigenvalue weighted by atomic mass is 16.6. The molecule has 3 aromatic carbocycles. The summed E-state index contributed by atoms with van der Waals surface area (Å²) in [6, 6.07) is 19.9. The van der Waals surface area contributed by atoms with Gasteiger partial charge in [0.15, 0.2) is 0 Å². The molecule has 0 spiro atoms. The van der Waals surface area contributed by atoms with Crippen LogP contribution in [0.5, 0.6) is 11.5 Å². The summed E-state index contributed by atoms with van der Waals surface area (Å²) >= 11 is 0. The Labute approximate surface area is 152 Å². The van der Waals surface area contributed by atoms with E-state index in [2.05, 4.69) is 12.1 Å². The van der Waals surface area contributed by atoms with E-state index in [0.29, 0.717) is 6.61 Å². The average molecular weight is 348 g/mol. The van der Waals surface area contributed by atoms with Gasteiger partial charge in [-0.2, -0.15) is 0 Å². The number of benzene rings is 3. The van der Waals surface area contributed by atoms with Gasteiger partial charge in [-0.25, -0.2) is 4.79 Å². The Balaban J connectivity index is 1.88. The van der Waals surface area contributed by atoms with E-state index in [0.717, 1.165) is 33.4 Å². The zero-order chi connectivity index (χ0) is 18.1. The number of rotatable bonds is 4. The van der Waals surface area contributed by atoms with E-state index in [-0.39, 0.29) is 11.9 Å². The zero-order valence-corrected chi connectivity index (χ0v) is 14.8. The minimum Gasteiger partial charge on any atom is -0.497 e. The van der Waals surface area contributed by atoms with Gasteiger partial charge in [0.2, 0.25) is 6.10 Å². The third-order valence-electron chi connectivity index (χ3n) is 4.79. The van der Waals surface area contributed by atoms with Gasteiger partial charge in [0.1, 0.15) is 11.5 Å². The molecule has 3 aromatic rings. The maximum atomic E-state index is 12.6. The molecule has 0 N–H and O–H groups in total. The lowest BCUT2D eigenvalue weighted by Crippen LogP contribution is -2.31. The quantitative estimate of drug-likeness (QED) is 0.659. The van der Waals surface area contributed by atoms with Gasteiger partial charge in [-0.15, -0.1) is 0 Å². The van der Waals surface area contributed by atoms with Crippen LogP contribution in [-0.4, -0.2) is 25.8 Å². The molecule has 0 saturated carbocycles. The van der Waals surface area contributed by atoms with Gasteiger partial charge in [0, 0.05) is 5.56 Å². The number of carbonyl (C=O) groups is 1. The molecule has 4 heteroatoms. The molecule has 2 atom stereocenters. The Hall–Kier alpha value is -3.01. The van der Waals surface area contributed by atoms with Crippen LogP contribution >= 0.6 is 0 Å². The lowest BCUT2D eigenvalue weighted by atomic mass is 9.85. The fourth-order valence-electron chi connectivity index (χ4n) is 3.62. The average Bonchev–Trinajstić information content (AvgIpc) is 3.08. The normalized spacial score (nSPS) is 18.2. The number of fused-ring (bicyclic) bond motifs is 3. The van der Waals surface area contributed by atoms with Crippen LogP contribution in [0.4, 0.5) is 0 Å². The maximum absolute atomic E-state index is 12.6. The second kappa shape index (κ2) is 6.71. The van der Waals surface area contributed by atoms with Crippen molar-refractivity contribution in [1.29, 1.82) is 0 Å². The molecule has 1 heterocycles. The highest BCUT2D eigenvalue weighted by Gasteiger charge is 2.42. The third-order valence-corrected chi connectivity index (χ3v) is 4.79. The standard InChI is InChI=1S/C22H20O4/c1-3-25-22(23)21-19(15-8-11-16(24-2)12-9-15)20-17-7-5-4-6-14(17)10-13-18(20)26-21/h4-13,19,21H,3H2,1-2H3.